The van der Waals surface area contributed by atoms with Crippen LogP contribution in [0.15, 0.2) is 15.9 Å². The van der Waals surface area contributed by atoms with Crippen molar-refractivity contribution in [3.8, 4) is 0 Å². The van der Waals surface area contributed by atoms with E-state index in [1.54, 1.807) is 11.3 Å². The fraction of sp³-hybridized carbons (Fsp3) is 0.667. The maximum absolute atomic E-state index is 10.6. The van der Waals surface area contributed by atoms with Gasteiger partial charge in [-0.15, -0.1) is 11.3 Å². The SMILES string of the molecule is CC(O)(Cc1sccc1Br)C1CCCNC1. The summed E-state index contributed by atoms with van der Waals surface area (Å²) in [5.74, 6) is 0.371. The van der Waals surface area contributed by atoms with Gasteiger partial charge in [0.25, 0.3) is 0 Å². The molecule has 90 valence electrons. The zero-order valence-corrected chi connectivity index (χ0v) is 11.9. The van der Waals surface area contributed by atoms with Gasteiger partial charge in [-0.05, 0) is 53.7 Å². The van der Waals surface area contributed by atoms with Crippen LogP contribution in [0.5, 0.6) is 0 Å². The lowest BCUT2D eigenvalue weighted by molar-refractivity contribution is -0.00965. The van der Waals surface area contributed by atoms with E-state index in [2.05, 4.69) is 32.7 Å². The van der Waals surface area contributed by atoms with E-state index in [0.717, 1.165) is 30.4 Å². The van der Waals surface area contributed by atoms with Crippen molar-refractivity contribution in [2.45, 2.75) is 31.8 Å². The predicted molar refractivity (Wildman–Crippen MR) is 71.9 cm³/mol. The summed E-state index contributed by atoms with van der Waals surface area (Å²) in [5.41, 5.74) is -0.596. The monoisotopic (exact) mass is 303 g/mol. The minimum Gasteiger partial charge on any atom is -0.389 e. The number of rotatable bonds is 3. The van der Waals surface area contributed by atoms with Crippen molar-refractivity contribution in [3.63, 3.8) is 0 Å². The highest BCUT2D eigenvalue weighted by atomic mass is 79.9. The molecule has 0 aliphatic carbocycles. The van der Waals surface area contributed by atoms with Crippen molar-refractivity contribution in [1.29, 1.82) is 0 Å². The fourth-order valence-corrected chi connectivity index (χ4v) is 3.96. The molecule has 2 atom stereocenters. The van der Waals surface area contributed by atoms with Crippen molar-refractivity contribution in [2.24, 2.45) is 5.92 Å². The third kappa shape index (κ3) is 2.86. The molecule has 4 heteroatoms. The van der Waals surface area contributed by atoms with E-state index in [1.807, 2.05) is 6.92 Å². The van der Waals surface area contributed by atoms with Crippen LogP contribution in [0.4, 0.5) is 0 Å². The maximum Gasteiger partial charge on any atom is 0.0708 e. The first-order valence-electron chi connectivity index (χ1n) is 5.74. The topological polar surface area (TPSA) is 32.3 Å². The van der Waals surface area contributed by atoms with E-state index in [-0.39, 0.29) is 0 Å². The zero-order chi connectivity index (χ0) is 11.6. The summed E-state index contributed by atoms with van der Waals surface area (Å²) in [5, 5.41) is 16.0. The van der Waals surface area contributed by atoms with Crippen LogP contribution in [-0.2, 0) is 6.42 Å². The van der Waals surface area contributed by atoms with Gasteiger partial charge < -0.3 is 10.4 Å². The number of nitrogens with one attached hydrogen (secondary N) is 1. The van der Waals surface area contributed by atoms with Crippen LogP contribution in [0, 0.1) is 5.92 Å². The van der Waals surface area contributed by atoms with Gasteiger partial charge in [-0.3, -0.25) is 0 Å². The van der Waals surface area contributed by atoms with Gasteiger partial charge in [0.15, 0.2) is 0 Å². The van der Waals surface area contributed by atoms with Crippen LogP contribution in [-0.4, -0.2) is 23.8 Å². The van der Waals surface area contributed by atoms with Crippen LogP contribution in [0.2, 0.25) is 0 Å². The Labute approximate surface area is 109 Å². The van der Waals surface area contributed by atoms with E-state index >= 15 is 0 Å². The lowest BCUT2D eigenvalue weighted by Gasteiger charge is -2.35. The molecule has 0 bridgehead atoms. The fourth-order valence-electron chi connectivity index (χ4n) is 2.30. The second-order valence-electron chi connectivity index (χ2n) is 4.77. The lowest BCUT2D eigenvalue weighted by Crippen LogP contribution is -2.45. The largest absolute Gasteiger partial charge is 0.389 e. The van der Waals surface area contributed by atoms with E-state index in [1.165, 1.54) is 11.3 Å². The highest BCUT2D eigenvalue weighted by Gasteiger charge is 2.33. The Morgan fingerprint density at radius 1 is 1.69 bits per heavy atom. The Balaban J connectivity index is 2.04. The molecule has 2 rings (SSSR count). The molecule has 0 radical (unpaired) electrons. The molecule has 1 aliphatic heterocycles. The summed E-state index contributed by atoms with van der Waals surface area (Å²) in [7, 11) is 0. The average molecular weight is 304 g/mol. The molecule has 1 aliphatic rings. The number of halogens is 1. The first kappa shape index (κ1) is 12.6. The summed E-state index contributed by atoms with van der Waals surface area (Å²) in [4.78, 5) is 1.25. The molecule has 2 nitrogen and oxygen atoms in total. The maximum atomic E-state index is 10.6. The zero-order valence-electron chi connectivity index (χ0n) is 9.50. The molecular formula is C12H18BrNOS. The molecule has 2 N–H and O–H groups in total. The summed E-state index contributed by atoms with van der Waals surface area (Å²) < 4.78 is 1.13. The van der Waals surface area contributed by atoms with Gasteiger partial charge in [-0.25, -0.2) is 0 Å². The Morgan fingerprint density at radius 3 is 3.06 bits per heavy atom. The van der Waals surface area contributed by atoms with Crippen LogP contribution in [0.1, 0.15) is 24.6 Å². The van der Waals surface area contributed by atoms with E-state index < -0.39 is 5.60 Å². The van der Waals surface area contributed by atoms with Crippen LogP contribution in [0.25, 0.3) is 0 Å². The Kier molecular flexibility index (Phi) is 4.06. The third-order valence-electron chi connectivity index (χ3n) is 3.39. The number of piperidine rings is 1. The minimum atomic E-state index is -0.596. The van der Waals surface area contributed by atoms with Gasteiger partial charge in [0.1, 0.15) is 0 Å². The molecule has 16 heavy (non-hydrogen) atoms. The van der Waals surface area contributed by atoms with Crippen molar-refractivity contribution in [2.75, 3.05) is 13.1 Å². The highest BCUT2D eigenvalue weighted by molar-refractivity contribution is 9.10. The van der Waals surface area contributed by atoms with Crippen molar-refractivity contribution in [3.05, 3.63) is 20.8 Å². The van der Waals surface area contributed by atoms with Crippen LogP contribution >= 0.6 is 27.3 Å². The minimum absolute atomic E-state index is 0.371. The Bertz CT molecular complexity index is 345. The van der Waals surface area contributed by atoms with Crippen molar-refractivity contribution in [1.82, 2.24) is 5.32 Å². The molecule has 1 aromatic rings. The van der Waals surface area contributed by atoms with Crippen LogP contribution in [0.3, 0.4) is 0 Å². The quantitative estimate of drug-likeness (QED) is 0.900. The van der Waals surface area contributed by atoms with Gasteiger partial charge in [0.05, 0.1) is 5.60 Å². The van der Waals surface area contributed by atoms with E-state index in [4.69, 9.17) is 0 Å². The smallest absolute Gasteiger partial charge is 0.0708 e. The predicted octanol–water partition coefficient (Wildman–Crippen LogP) is 2.80. The van der Waals surface area contributed by atoms with Crippen molar-refractivity contribution < 1.29 is 5.11 Å². The number of aliphatic hydroxyl groups is 1. The molecule has 1 saturated heterocycles. The Hall–Kier alpha value is 0.1000. The molecular weight excluding hydrogens is 286 g/mol. The van der Waals surface area contributed by atoms with Gasteiger partial charge in [-0.2, -0.15) is 0 Å². The summed E-state index contributed by atoms with van der Waals surface area (Å²) in [6, 6.07) is 2.05. The molecule has 1 fully saturated rings. The van der Waals surface area contributed by atoms with E-state index in [9.17, 15) is 5.11 Å². The van der Waals surface area contributed by atoms with Gasteiger partial charge in [0, 0.05) is 28.2 Å². The first-order chi connectivity index (χ1) is 7.59. The number of thiophene rings is 1. The normalized spacial score (nSPS) is 25.3. The molecule has 0 amide bonds. The molecule has 0 spiro atoms. The first-order valence-corrected chi connectivity index (χ1v) is 7.42. The van der Waals surface area contributed by atoms with Crippen molar-refractivity contribution >= 4 is 27.3 Å². The highest BCUT2D eigenvalue weighted by Crippen LogP contribution is 2.32. The number of hydrogen-bond donors (Lipinski definition) is 2. The molecule has 0 aromatic carbocycles. The standard InChI is InChI=1S/C12H18BrNOS/c1-12(15,9-3-2-5-14-8-9)7-11-10(13)4-6-16-11/h4,6,9,14-15H,2-3,5,7-8H2,1H3. The summed E-state index contributed by atoms with van der Waals surface area (Å²) in [6.45, 7) is 4.00. The van der Waals surface area contributed by atoms with Gasteiger partial charge >= 0.3 is 0 Å². The molecule has 0 saturated carbocycles. The second kappa shape index (κ2) is 5.17. The molecule has 2 heterocycles. The lowest BCUT2D eigenvalue weighted by atomic mass is 9.81. The summed E-state index contributed by atoms with van der Waals surface area (Å²) in [6.07, 6.45) is 3.05. The van der Waals surface area contributed by atoms with E-state index in [0.29, 0.717) is 5.92 Å². The van der Waals surface area contributed by atoms with Gasteiger partial charge in [0.2, 0.25) is 0 Å². The average Bonchev–Trinajstić information content (AvgIpc) is 2.65. The molecule has 1 aromatic heterocycles. The second-order valence-corrected chi connectivity index (χ2v) is 6.62. The summed E-state index contributed by atoms with van der Waals surface area (Å²) >= 11 is 5.24. The number of hydrogen-bond acceptors (Lipinski definition) is 3. The van der Waals surface area contributed by atoms with Gasteiger partial charge in [-0.1, -0.05) is 0 Å². The molecule has 2 unspecified atom stereocenters. The Morgan fingerprint density at radius 2 is 2.50 bits per heavy atom. The third-order valence-corrected chi connectivity index (χ3v) is 5.31. The van der Waals surface area contributed by atoms with Crippen LogP contribution < -0.4 is 5.32 Å².